The monoisotopic (exact) mass is 793 g/mol. The largest absolute Gasteiger partial charge is 0.493 e. The van der Waals surface area contributed by atoms with E-state index in [1.54, 1.807) is 85.0 Å². The van der Waals surface area contributed by atoms with Crippen LogP contribution in [0, 0.1) is 11.8 Å². The number of hydrazine groups is 1. The van der Waals surface area contributed by atoms with Gasteiger partial charge >= 0.3 is 12.2 Å². The van der Waals surface area contributed by atoms with Gasteiger partial charge in [0.1, 0.15) is 24.4 Å². The Hall–Kier alpha value is -5.54. The van der Waals surface area contributed by atoms with Gasteiger partial charge in [-0.3, -0.25) is 15.0 Å². The van der Waals surface area contributed by atoms with E-state index >= 15 is 0 Å². The summed E-state index contributed by atoms with van der Waals surface area (Å²) in [5.41, 5.74) is 5.29. The fourth-order valence-corrected chi connectivity index (χ4v) is 5.88. The molecule has 312 valence electrons. The Balaban J connectivity index is 1.82. The van der Waals surface area contributed by atoms with Crippen LogP contribution in [-0.2, 0) is 32.2 Å². The van der Waals surface area contributed by atoms with Gasteiger partial charge in [-0.05, 0) is 73.1 Å². The Morgan fingerprint density at radius 3 is 1.81 bits per heavy atom. The van der Waals surface area contributed by atoms with Crippen molar-refractivity contribution in [2.24, 2.45) is 11.8 Å². The summed E-state index contributed by atoms with van der Waals surface area (Å²) in [6, 6.07) is 19.2. The van der Waals surface area contributed by atoms with Gasteiger partial charge in [0.25, 0.3) is 5.91 Å². The highest BCUT2D eigenvalue weighted by Gasteiger charge is 2.31. The Bertz CT molecular complexity index is 1710. The third kappa shape index (κ3) is 14.8. The Morgan fingerprint density at radius 1 is 0.702 bits per heavy atom. The summed E-state index contributed by atoms with van der Waals surface area (Å²) < 4.78 is 26.8. The molecule has 3 aromatic rings. The molecule has 0 heterocycles. The van der Waals surface area contributed by atoms with Crippen molar-refractivity contribution in [3.8, 4) is 17.2 Å². The number of aliphatic hydroxyl groups excluding tert-OH is 1. The van der Waals surface area contributed by atoms with E-state index in [9.17, 15) is 24.3 Å². The number of aliphatic hydroxyl groups is 1. The van der Waals surface area contributed by atoms with Crippen molar-refractivity contribution in [2.45, 2.75) is 85.3 Å². The lowest BCUT2D eigenvalue weighted by molar-refractivity contribution is -0.129. The zero-order valence-electron chi connectivity index (χ0n) is 34.2. The maximum absolute atomic E-state index is 13.7. The first-order chi connectivity index (χ1) is 27.3. The molecule has 3 rings (SSSR count). The van der Waals surface area contributed by atoms with Crippen LogP contribution < -0.4 is 35.6 Å². The number of amides is 4. The van der Waals surface area contributed by atoms with Crippen LogP contribution in [0.1, 0.15) is 70.7 Å². The van der Waals surface area contributed by atoms with Gasteiger partial charge in [0.05, 0.1) is 39.6 Å². The maximum Gasteiger partial charge on any atom is 0.407 e. The lowest BCUT2D eigenvalue weighted by Gasteiger charge is -2.31. The summed E-state index contributed by atoms with van der Waals surface area (Å²) in [4.78, 5) is 51.8. The standard InChI is InChI=1S/C42H59N5O10/c1-9-55-41(51)44-36(27(3)4)39(49)43-38(31-14-12-11-13-15-31)33(48)22-23-47(46-40(50)37(28(5)6)45-42(52)56-10-2)25-29-16-19-32(20-17-29)57-26-30-18-21-34(53-7)35(24-30)54-8/h11-21,24,27-28,33,36-38,48H,9-10,22-23,25-26H2,1-8H3,(H,43,49)(H,44,51)(H,45,52)(H,46,50). The molecule has 0 spiro atoms. The first kappa shape index (κ1) is 45.8. The van der Waals surface area contributed by atoms with Gasteiger partial charge in [-0.1, -0.05) is 76.2 Å². The van der Waals surface area contributed by atoms with Crippen LogP contribution in [0.4, 0.5) is 9.59 Å². The number of rotatable bonds is 22. The smallest absolute Gasteiger partial charge is 0.407 e. The van der Waals surface area contributed by atoms with Crippen molar-refractivity contribution in [1.82, 2.24) is 26.4 Å². The Morgan fingerprint density at radius 2 is 1.26 bits per heavy atom. The predicted molar refractivity (Wildman–Crippen MR) is 214 cm³/mol. The molecule has 4 amide bonds. The molecule has 15 nitrogen and oxygen atoms in total. The summed E-state index contributed by atoms with van der Waals surface area (Å²) in [5, 5.41) is 21.5. The number of nitrogens with one attached hydrogen (secondary N) is 4. The quantitative estimate of drug-likeness (QED) is 0.0836. The molecule has 3 aromatic carbocycles. The number of hydrogen-bond donors (Lipinski definition) is 5. The first-order valence-corrected chi connectivity index (χ1v) is 19.2. The fraction of sp³-hybridized carbons (Fsp3) is 0.476. The van der Waals surface area contributed by atoms with Crippen molar-refractivity contribution in [3.63, 3.8) is 0 Å². The van der Waals surface area contributed by atoms with E-state index in [0.717, 1.165) is 11.1 Å². The minimum atomic E-state index is -1.13. The number of alkyl carbamates (subject to hydrolysis) is 2. The van der Waals surface area contributed by atoms with Crippen LogP contribution in [0.5, 0.6) is 17.2 Å². The fourth-order valence-electron chi connectivity index (χ4n) is 5.88. The topological polar surface area (TPSA) is 186 Å². The summed E-state index contributed by atoms with van der Waals surface area (Å²) in [6.07, 6.45) is -2.46. The van der Waals surface area contributed by atoms with Gasteiger partial charge in [0.2, 0.25) is 5.91 Å². The molecule has 0 aliphatic carbocycles. The summed E-state index contributed by atoms with van der Waals surface area (Å²) in [5.74, 6) is 0.314. The second-order valence-corrected chi connectivity index (χ2v) is 13.9. The van der Waals surface area contributed by atoms with E-state index in [1.807, 2.05) is 48.5 Å². The lowest BCUT2D eigenvalue weighted by Crippen LogP contribution is -2.55. The molecule has 0 saturated carbocycles. The second-order valence-electron chi connectivity index (χ2n) is 13.9. The summed E-state index contributed by atoms with van der Waals surface area (Å²) >= 11 is 0. The minimum absolute atomic E-state index is 0.0991. The van der Waals surface area contributed by atoms with Crippen molar-refractivity contribution < 1.29 is 48.0 Å². The Kier molecular flexibility index (Phi) is 18.9. The molecule has 0 aliphatic heterocycles. The van der Waals surface area contributed by atoms with E-state index in [-0.39, 0.29) is 44.6 Å². The van der Waals surface area contributed by atoms with Crippen molar-refractivity contribution in [3.05, 3.63) is 89.5 Å². The van der Waals surface area contributed by atoms with Crippen LogP contribution in [0.2, 0.25) is 0 Å². The highest BCUT2D eigenvalue weighted by atomic mass is 16.6. The molecular weight excluding hydrogens is 734 g/mol. The average Bonchev–Trinajstić information content (AvgIpc) is 3.19. The van der Waals surface area contributed by atoms with Crippen LogP contribution >= 0.6 is 0 Å². The van der Waals surface area contributed by atoms with E-state index in [2.05, 4.69) is 21.4 Å². The predicted octanol–water partition coefficient (Wildman–Crippen LogP) is 5.27. The highest BCUT2D eigenvalue weighted by molar-refractivity contribution is 5.86. The third-order valence-electron chi connectivity index (χ3n) is 8.95. The zero-order valence-corrected chi connectivity index (χ0v) is 34.2. The van der Waals surface area contributed by atoms with Crippen molar-refractivity contribution in [2.75, 3.05) is 34.0 Å². The number of methoxy groups -OCH3 is 2. The minimum Gasteiger partial charge on any atom is -0.493 e. The molecule has 57 heavy (non-hydrogen) atoms. The number of benzene rings is 3. The summed E-state index contributed by atoms with van der Waals surface area (Å²) in [7, 11) is 3.15. The normalized spacial score (nSPS) is 13.2. The van der Waals surface area contributed by atoms with Gasteiger partial charge in [0.15, 0.2) is 11.5 Å². The molecule has 4 unspecified atom stereocenters. The van der Waals surface area contributed by atoms with Gasteiger partial charge in [-0.2, -0.15) is 0 Å². The van der Waals surface area contributed by atoms with E-state index in [4.69, 9.17) is 23.7 Å². The zero-order chi connectivity index (χ0) is 41.9. The van der Waals surface area contributed by atoms with Crippen LogP contribution in [0.25, 0.3) is 0 Å². The average molecular weight is 794 g/mol. The highest BCUT2D eigenvalue weighted by Crippen LogP contribution is 2.28. The second kappa shape index (κ2) is 23.5. The number of hydrogen-bond acceptors (Lipinski definition) is 11. The number of nitrogens with zero attached hydrogens (tertiary/aromatic N) is 1. The van der Waals surface area contributed by atoms with Gasteiger partial charge in [-0.25, -0.2) is 14.6 Å². The van der Waals surface area contributed by atoms with Crippen molar-refractivity contribution in [1.29, 1.82) is 0 Å². The number of ether oxygens (including phenoxy) is 5. The SMILES string of the molecule is CCOC(=O)NC(C(=O)NC(c1ccccc1)C(O)CCN(Cc1ccc(OCc2ccc(OC)c(OC)c2)cc1)NC(=O)C(NC(=O)OCC)C(C)C)C(C)C. The van der Waals surface area contributed by atoms with Crippen LogP contribution in [-0.4, -0.2) is 86.3 Å². The molecule has 15 heteroatoms. The number of carbonyl (C=O) groups excluding carboxylic acids is 4. The molecular formula is C42H59N5O10. The van der Waals surface area contributed by atoms with Crippen molar-refractivity contribution >= 4 is 24.0 Å². The molecule has 0 saturated heterocycles. The van der Waals surface area contributed by atoms with E-state index in [1.165, 1.54) is 0 Å². The van der Waals surface area contributed by atoms with Gasteiger partial charge < -0.3 is 44.7 Å². The lowest BCUT2D eigenvalue weighted by atomic mass is 9.97. The molecule has 0 fully saturated rings. The van der Waals surface area contributed by atoms with Gasteiger partial charge in [0, 0.05) is 13.1 Å². The summed E-state index contributed by atoms with van der Waals surface area (Å²) in [6.45, 7) is 11.5. The molecule has 0 aromatic heterocycles. The molecule has 4 atom stereocenters. The van der Waals surface area contributed by atoms with Crippen LogP contribution in [0.15, 0.2) is 72.8 Å². The first-order valence-electron chi connectivity index (χ1n) is 19.2. The van der Waals surface area contributed by atoms with E-state index < -0.39 is 48.2 Å². The molecule has 0 radical (unpaired) electrons. The molecule has 0 aliphatic rings. The maximum atomic E-state index is 13.7. The van der Waals surface area contributed by atoms with Crippen LogP contribution in [0.3, 0.4) is 0 Å². The molecule has 0 bridgehead atoms. The third-order valence-corrected chi connectivity index (χ3v) is 8.95. The molecule has 5 N–H and O–H groups in total. The van der Waals surface area contributed by atoms with E-state index in [0.29, 0.717) is 29.4 Å². The number of carbonyl (C=O) groups is 4. The Labute approximate surface area is 335 Å². The van der Waals surface area contributed by atoms with Gasteiger partial charge in [-0.15, -0.1) is 0 Å².